The van der Waals surface area contributed by atoms with Crippen LogP contribution in [0.1, 0.15) is 62.2 Å². The first-order valence-corrected chi connectivity index (χ1v) is 13.6. The second kappa shape index (κ2) is 10.0. The van der Waals surface area contributed by atoms with Crippen LogP contribution >= 0.6 is 0 Å². The quantitative estimate of drug-likeness (QED) is 0.386. The van der Waals surface area contributed by atoms with Crippen molar-refractivity contribution < 1.29 is 8.42 Å². The molecule has 1 heterocycles. The summed E-state index contributed by atoms with van der Waals surface area (Å²) >= 11 is 0. The van der Waals surface area contributed by atoms with E-state index in [1.54, 1.807) is 12.1 Å². The predicted molar refractivity (Wildman–Crippen MR) is 134 cm³/mol. The molecule has 1 aromatic heterocycles. The van der Waals surface area contributed by atoms with E-state index in [0.717, 1.165) is 29.8 Å². The van der Waals surface area contributed by atoms with Crippen LogP contribution in [-0.4, -0.2) is 30.7 Å². The van der Waals surface area contributed by atoms with Gasteiger partial charge in [0.1, 0.15) is 0 Å². The summed E-state index contributed by atoms with van der Waals surface area (Å²) in [6.45, 7) is 2.10. The zero-order valence-corrected chi connectivity index (χ0v) is 20.5. The number of benzene rings is 2. The zero-order chi connectivity index (χ0) is 23.4. The highest BCUT2D eigenvalue weighted by atomic mass is 32.2. The smallest absolute Gasteiger partial charge is 0.175 e. The Morgan fingerprint density at radius 1 is 1.12 bits per heavy atom. The van der Waals surface area contributed by atoms with Crippen LogP contribution in [-0.2, 0) is 16.9 Å². The molecule has 33 heavy (non-hydrogen) atoms. The van der Waals surface area contributed by atoms with Gasteiger partial charge in [-0.2, -0.15) is 5.10 Å². The highest BCUT2D eigenvalue weighted by Gasteiger charge is 2.25. The SMILES string of the molecule is C[C@@H](N=CCCC1CC[C@H](c2ccc(S(C)(=O)=O)cc2)C1)c1cc(-c2ccccc2)n(C)n1. The van der Waals surface area contributed by atoms with E-state index < -0.39 is 9.84 Å². The standard InChI is InChI=1S/C27H33N3O2S/c1-20(26-19-27(30(2)29-26)23-9-5-4-6-10-23)28-17-7-8-21-11-12-24(18-21)22-13-15-25(16-14-22)33(3,31)32/h4-6,9-10,13-17,19-21,24H,7-8,11-12,18H2,1-3H3/t20-,21?,24+/m1/s1. The van der Waals surface area contributed by atoms with Crippen molar-refractivity contribution in [3.8, 4) is 11.3 Å². The topological polar surface area (TPSA) is 64.3 Å². The fourth-order valence-electron chi connectivity index (χ4n) is 4.82. The Hall–Kier alpha value is -2.73. The minimum absolute atomic E-state index is 0.0401. The maximum absolute atomic E-state index is 11.7. The normalized spacial score (nSPS) is 19.8. The summed E-state index contributed by atoms with van der Waals surface area (Å²) in [5, 5.41) is 4.67. The molecule has 3 atom stereocenters. The molecule has 1 aliphatic carbocycles. The Bertz CT molecular complexity index is 1200. The number of hydrogen-bond donors (Lipinski definition) is 0. The molecule has 174 valence electrons. The van der Waals surface area contributed by atoms with Crippen LogP contribution in [0, 0.1) is 5.92 Å². The van der Waals surface area contributed by atoms with Gasteiger partial charge in [-0.15, -0.1) is 0 Å². The third-order valence-electron chi connectivity index (χ3n) is 6.75. The van der Waals surface area contributed by atoms with Crippen LogP contribution in [0.3, 0.4) is 0 Å². The van der Waals surface area contributed by atoms with Crippen molar-refractivity contribution in [1.82, 2.24) is 9.78 Å². The molecule has 1 aliphatic rings. The van der Waals surface area contributed by atoms with E-state index in [1.807, 2.05) is 42.1 Å². The molecule has 3 aromatic rings. The van der Waals surface area contributed by atoms with Crippen LogP contribution in [0.4, 0.5) is 0 Å². The number of aliphatic imine (C=N–C) groups is 1. The molecule has 0 spiro atoms. The van der Waals surface area contributed by atoms with Crippen LogP contribution in [0.2, 0.25) is 0 Å². The fourth-order valence-corrected chi connectivity index (χ4v) is 5.45. The molecule has 1 unspecified atom stereocenters. The number of hydrogen-bond acceptors (Lipinski definition) is 4. The second-order valence-electron chi connectivity index (χ2n) is 9.25. The Kier molecular flexibility index (Phi) is 7.13. The number of sulfone groups is 1. The van der Waals surface area contributed by atoms with Crippen molar-refractivity contribution in [2.24, 2.45) is 18.0 Å². The van der Waals surface area contributed by atoms with Crippen molar-refractivity contribution in [2.75, 3.05) is 6.26 Å². The van der Waals surface area contributed by atoms with Gasteiger partial charge in [-0.1, -0.05) is 42.5 Å². The monoisotopic (exact) mass is 463 g/mol. The molecule has 0 aliphatic heterocycles. The highest BCUT2D eigenvalue weighted by molar-refractivity contribution is 7.90. The first kappa shape index (κ1) is 23.4. The van der Waals surface area contributed by atoms with Crippen molar-refractivity contribution in [3.63, 3.8) is 0 Å². The van der Waals surface area contributed by atoms with E-state index in [2.05, 4.69) is 36.4 Å². The highest BCUT2D eigenvalue weighted by Crippen LogP contribution is 2.40. The Balaban J connectivity index is 1.27. The molecule has 1 fully saturated rings. The maximum atomic E-state index is 11.7. The molecule has 0 bridgehead atoms. The number of aryl methyl sites for hydroxylation is 1. The van der Waals surface area contributed by atoms with Gasteiger partial charge in [0.05, 0.1) is 22.3 Å². The molecule has 0 radical (unpaired) electrons. The average molecular weight is 464 g/mol. The van der Waals surface area contributed by atoms with E-state index >= 15 is 0 Å². The van der Waals surface area contributed by atoms with Crippen LogP contribution in [0.15, 0.2) is 70.6 Å². The zero-order valence-electron chi connectivity index (χ0n) is 19.7. The van der Waals surface area contributed by atoms with E-state index in [9.17, 15) is 8.42 Å². The summed E-state index contributed by atoms with van der Waals surface area (Å²) in [6.07, 6.45) is 9.01. The molecule has 0 amide bonds. The third-order valence-corrected chi connectivity index (χ3v) is 7.88. The van der Waals surface area contributed by atoms with E-state index in [-0.39, 0.29) is 6.04 Å². The van der Waals surface area contributed by atoms with Crippen molar-refractivity contribution >= 4 is 16.1 Å². The van der Waals surface area contributed by atoms with Crippen molar-refractivity contribution in [1.29, 1.82) is 0 Å². The molecular weight excluding hydrogens is 430 g/mol. The van der Waals surface area contributed by atoms with E-state index in [4.69, 9.17) is 4.99 Å². The Labute approximate surface area is 197 Å². The molecule has 6 heteroatoms. The molecule has 5 nitrogen and oxygen atoms in total. The minimum atomic E-state index is -3.13. The molecule has 2 aromatic carbocycles. The second-order valence-corrected chi connectivity index (χ2v) is 11.3. The van der Waals surface area contributed by atoms with Gasteiger partial charge in [-0.05, 0) is 86.4 Å². The average Bonchev–Trinajstić information content (AvgIpc) is 3.43. The van der Waals surface area contributed by atoms with Crippen LogP contribution < -0.4 is 0 Å². The minimum Gasteiger partial charge on any atom is -0.288 e. The van der Waals surface area contributed by atoms with Crippen LogP contribution in [0.25, 0.3) is 11.3 Å². The van der Waals surface area contributed by atoms with Gasteiger partial charge in [-0.25, -0.2) is 8.42 Å². The summed E-state index contributed by atoms with van der Waals surface area (Å²) in [7, 11) is -1.15. The molecule has 0 saturated heterocycles. The lowest BCUT2D eigenvalue weighted by atomic mass is 9.95. The largest absolute Gasteiger partial charge is 0.288 e. The molecule has 4 rings (SSSR count). The van der Waals surface area contributed by atoms with Gasteiger partial charge in [0, 0.05) is 13.3 Å². The third kappa shape index (κ3) is 5.80. The van der Waals surface area contributed by atoms with Gasteiger partial charge in [0.15, 0.2) is 9.84 Å². The summed E-state index contributed by atoms with van der Waals surface area (Å²) < 4.78 is 25.3. The molecule has 0 N–H and O–H groups in total. The van der Waals surface area contributed by atoms with Gasteiger partial charge < -0.3 is 0 Å². The molecule has 1 saturated carbocycles. The summed E-state index contributed by atoms with van der Waals surface area (Å²) in [4.78, 5) is 5.15. The van der Waals surface area contributed by atoms with Gasteiger partial charge in [0.2, 0.25) is 0 Å². The first-order chi connectivity index (χ1) is 15.8. The Morgan fingerprint density at radius 3 is 2.55 bits per heavy atom. The predicted octanol–water partition coefficient (Wildman–Crippen LogP) is 5.99. The Morgan fingerprint density at radius 2 is 1.85 bits per heavy atom. The lowest BCUT2D eigenvalue weighted by Gasteiger charge is -2.12. The lowest BCUT2D eigenvalue weighted by molar-refractivity contribution is 0.507. The maximum Gasteiger partial charge on any atom is 0.175 e. The van der Waals surface area contributed by atoms with Crippen molar-refractivity contribution in [2.45, 2.75) is 55.9 Å². The molecular formula is C27H33N3O2S. The summed E-state index contributed by atoms with van der Waals surface area (Å²) in [5.74, 6) is 1.23. The first-order valence-electron chi connectivity index (χ1n) is 11.7. The fraction of sp³-hybridized carbons (Fsp3) is 0.407. The van der Waals surface area contributed by atoms with E-state index in [0.29, 0.717) is 16.7 Å². The lowest BCUT2D eigenvalue weighted by Crippen LogP contribution is -2.00. The van der Waals surface area contributed by atoms with Gasteiger partial charge in [0.25, 0.3) is 0 Å². The van der Waals surface area contributed by atoms with E-state index in [1.165, 1.54) is 31.1 Å². The number of nitrogens with zero attached hydrogens (tertiary/aromatic N) is 3. The van der Waals surface area contributed by atoms with Gasteiger partial charge in [-0.3, -0.25) is 9.67 Å². The number of rotatable bonds is 8. The summed E-state index contributed by atoms with van der Waals surface area (Å²) in [5.41, 5.74) is 4.52. The number of aromatic nitrogens is 2. The summed E-state index contributed by atoms with van der Waals surface area (Å²) in [6, 6.07) is 19.9. The van der Waals surface area contributed by atoms with Crippen LogP contribution in [0.5, 0.6) is 0 Å². The van der Waals surface area contributed by atoms with Gasteiger partial charge >= 0.3 is 0 Å². The van der Waals surface area contributed by atoms with Crippen molar-refractivity contribution in [3.05, 3.63) is 71.9 Å².